The fourth-order valence-corrected chi connectivity index (χ4v) is 4.06. The second kappa shape index (κ2) is 7.95. The molecule has 0 radical (unpaired) electrons. The van der Waals surface area contributed by atoms with Crippen molar-refractivity contribution in [3.63, 3.8) is 0 Å². The van der Waals surface area contributed by atoms with E-state index in [0.29, 0.717) is 31.4 Å². The number of carboxylic acid groups (broad SMARTS) is 1. The number of rotatable bonds is 5. The van der Waals surface area contributed by atoms with Gasteiger partial charge in [-0.3, -0.25) is 4.79 Å². The fraction of sp³-hybridized carbons (Fsp3) is 0.333. The molecule has 1 aliphatic rings. The molecule has 6 heteroatoms. The maximum atomic E-state index is 11.3. The number of aliphatic hydroxyl groups is 1. The molecule has 0 spiro atoms. The molecule has 4 rings (SSSR count). The van der Waals surface area contributed by atoms with Crippen molar-refractivity contribution in [3.8, 4) is 22.7 Å². The minimum atomic E-state index is -1.12. The lowest BCUT2D eigenvalue weighted by molar-refractivity contribution is -0.145. The van der Waals surface area contributed by atoms with Crippen molar-refractivity contribution in [1.82, 2.24) is 9.78 Å². The summed E-state index contributed by atoms with van der Waals surface area (Å²) in [6, 6.07) is 17.7. The predicted octanol–water partition coefficient (Wildman–Crippen LogP) is 4.32. The highest BCUT2D eigenvalue weighted by Crippen LogP contribution is 2.40. The van der Waals surface area contributed by atoms with Crippen molar-refractivity contribution in [2.75, 3.05) is 7.11 Å². The van der Waals surface area contributed by atoms with Gasteiger partial charge in [0.25, 0.3) is 0 Å². The number of aryl methyl sites for hydroxylation is 1. The summed E-state index contributed by atoms with van der Waals surface area (Å²) in [5.41, 5.74) is 3.36. The van der Waals surface area contributed by atoms with E-state index >= 15 is 0 Å². The van der Waals surface area contributed by atoms with Gasteiger partial charge in [0.1, 0.15) is 11.4 Å². The second-order valence-electron chi connectivity index (χ2n) is 8.03. The normalized spacial score (nSPS) is 21.4. The van der Waals surface area contributed by atoms with Crippen LogP contribution in [-0.2, 0) is 10.4 Å². The van der Waals surface area contributed by atoms with E-state index in [1.807, 2.05) is 66.2 Å². The summed E-state index contributed by atoms with van der Waals surface area (Å²) < 4.78 is 7.10. The van der Waals surface area contributed by atoms with Crippen molar-refractivity contribution in [3.05, 3.63) is 65.9 Å². The van der Waals surface area contributed by atoms with Crippen LogP contribution in [0, 0.1) is 12.8 Å². The molecule has 3 aromatic rings. The molecule has 1 aromatic heterocycles. The highest BCUT2D eigenvalue weighted by Gasteiger charge is 2.39. The van der Waals surface area contributed by atoms with E-state index in [-0.39, 0.29) is 0 Å². The first-order valence-electron chi connectivity index (χ1n) is 10.2. The molecule has 1 heterocycles. The molecular weight excluding hydrogens is 380 g/mol. The van der Waals surface area contributed by atoms with E-state index in [9.17, 15) is 15.0 Å². The smallest absolute Gasteiger partial charge is 0.306 e. The number of hydrogen-bond acceptors (Lipinski definition) is 4. The standard InChI is InChI=1S/C24H26N2O4/c1-16-3-5-17(6-4-16)21-15-22(24(29)13-11-18(12-14-24)23(27)28)25-26(21)19-7-9-20(30-2)10-8-19/h3-10,15,18,29H,11-14H2,1-2H3,(H,27,28)/t18-,24-. The monoisotopic (exact) mass is 406 g/mol. The molecule has 1 saturated carbocycles. The Balaban J connectivity index is 1.75. The summed E-state index contributed by atoms with van der Waals surface area (Å²) in [5.74, 6) is -0.430. The summed E-state index contributed by atoms with van der Waals surface area (Å²) in [5, 5.41) is 25.4. The number of ether oxygens (including phenoxy) is 1. The summed E-state index contributed by atoms with van der Waals surface area (Å²) in [6.07, 6.45) is 1.66. The molecule has 0 unspecified atom stereocenters. The molecule has 0 bridgehead atoms. The molecule has 1 aliphatic carbocycles. The molecule has 1 fully saturated rings. The average molecular weight is 406 g/mol. The Labute approximate surface area is 175 Å². The van der Waals surface area contributed by atoms with Crippen molar-refractivity contribution in [2.45, 2.75) is 38.2 Å². The molecule has 0 amide bonds. The van der Waals surface area contributed by atoms with Crippen LogP contribution in [0.1, 0.15) is 36.9 Å². The topological polar surface area (TPSA) is 84.6 Å². The first-order chi connectivity index (χ1) is 14.4. The number of aliphatic carboxylic acids is 1. The third kappa shape index (κ3) is 3.83. The Bertz CT molecular complexity index is 1030. The van der Waals surface area contributed by atoms with Crippen LogP contribution in [-0.4, -0.2) is 33.1 Å². The minimum absolute atomic E-state index is 0.386. The van der Waals surface area contributed by atoms with Gasteiger partial charge in [-0.25, -0.2) is 4.68 Å². The largest absolute Gasteiger partial charge is 0.497 e. The Morgan fingerprint density at radius 1 is 1.10 bits per heavy atom. The summed E-state index contributed by atoms with van der Waals surface area (Å²) in [7, 11) is 1.63. The number of carbonyl (C=O) groups is 1. The van der Waals surface area contributed by atoms with Crippen LogP contribution >= 0.6 is 0 Å². The lowest BCUT2D eigenvalue weighted by Crippen LogP contribution is -2.34. The third-order valence-electron chi connectivity index (χ3n) is 6.01. The van der Waals surface area contributed by atoms with Gasteiger partial charge in [0.15, 0.2) is 0 Å². The van der Waals surface area contributed by atoms with E-state index in [1.54, 1.807) is 7.11 Å². The summed E-state index contributed by atoms with van der Waals surface area (Å²) in [4.78, 5) is 11.3. The first-order valence-corrected chi connectivity index (χ1v) is 10.2. The Morgan fingerprint density at radius 3 is 2.30 bits per heavy atom. The molecule has 0 atom stereocenters. The number of aromatic nitrogens is 2. The van der Waals surface area contributed by atoms with Gasteiger partial charge in [-0.15, -0.1) is 0 Å². The number of nitrogens with zero attached hydrogens (tertiary/aromatic N) is 2. The van der Waals surface area contributed by atoms with E-state index in [0.717, 1.165) is 22.7 Å². The van der Waals surface area contributed by atoms with E-state index in [4.69, 9.17) is 9.84 Å². The van der Waals surface area contributed by atoms with Crippen molar-refractivity contribution >= 4 is 5.97 Å². The maximum Gasteiger partial charge on any atom is 0.306 e. The molecule has 6 nitrogen and oxygen atoms in total. The van der Waals surface area contributed by atoms with Gasteiger partial charge in [0.05, 0.1) is 30.1 Å². The molecule has 2 N–H and O–H groups in total. The van der Waals surface area contributed by atoms with Gasteiger partial charge in [0.2, 0.25) is 0 Å². The molecule has 30 heavy (non-hydrogen) atoms. The fourth-order valence-electron chi connectivity index (χ4n) is 4.06. The second-order valence-corrected chi connectivity index (χ2v) is 8.03. The van der Waals surface area contributed by atoms with Crippen LogP contribution in [0.2, 0.25) is 0 Å². The zero-order chi connectivity index (χ0) is 21.3. The zero-order valence-corrected chi connectivity index (χ0v) is 17.2. The minimum Gasteiger partial charge on any atom is -0.497 e. The van der Waals surface area contributed by atoms with Crippen LogP contribution in [0.15, 0.2) is 54.6 Å². The Morgan fingerprint density at radius 2 is 1.73 bits per heavy atom. The van der Waals surface area contributed by atoms with Crippen LogP contribution in [0.4, 0.5) is 0 Å². The SMILES string of the molecule is COc1ccc(-n2nc([C@]3(O)CC[C@H](C(=O)O)CC3)cc2-c2ccc(C)cc2)cc1. The highest BCUT2D eigenvalue weighted by molar-refractivity contribution is 5.70. The maximum absolute atomic E-state index is 11.3. The highest BCUT2D eigenvalue weighted by atomic mass is 16.5. The van der Waals surface area contributed by atoms with Gasteiger partial charge in [-0.2, -0.15) is 5.10 Å². The van der Waals surface area contributed by atoms with Crippen molar-refractivity contribution in [2.24, 2.45) is 5.92 Å². The van der Waals surface area contributed by atoms with E-state index < -0.39 is 17.5 Å². The lowest BCUT2D eigenvalue weighted by atomic mass is 9.77. The quantitative estimate of drug-likeness (QED) is 0.659. The zero-order valence-electron chi connectivity index (χ0n) is 17.2. The van der Waals surface area contributed by atoms with Crippen LogP contribution < -0.4 is 4.74 Å². The van der Waals surface area contributed by atoms with Crippen LogP contribution in [0.3, 0.4) is 0 Å². The van der Waals surface area contributed by atoms with Gasteiger partial charge in [-0.1, -0.05) is 29.8 Å². The number of hydrogen-bond donors (Lipinski definition) is 2. The third-order valence-corrected chi connectivity index (χ3v) is 6.01. The Kier molecular flexibility index (Phi) is 5.35. The van der Waals surface area contributed by atoms with Crippen LogP contribution in [0.25, 0.3) is 16.9 Å². The summed E-state index contributed by atoms with van der Waals surface area (Å²) in [6.45, 7) is 2.04. The van der Waals surface area contributed by atoms with Gasteiger partial charge >= 0.3 is 5.97 Å². The summed E-state index contributed by atoms with van der Waals surface area (Å²) >= 11 is 0. The van der Waals surface area contributed by atoms with Gasteiger partial charge in [0, 0.05) is 5.56 Å². The number of benzene rings is 2. The molecule has 156 valence electrons. The van der Waals surface area contributed by atoms with Crippen LogP contribution in [0.5, 0.6) is 5.75 Å². The number of carboxylic acids is 1. The van der Waals surface area contributed by atoms with E-state index in [1.165, 1.54) is 5.56 Å². The first kappa shape index (κ1) is 20.2. The van der Waals surface area contributed by atoms with Gasteiger partial charge in [-0.05, 0) is 62.9 Å². The number of methoxy groups -OCH3 is 1. The van der Waals surface area contributed by atoms with Gasteiger partial charge < -0.3 is 14.9 Å². The van der Waals surface area contributed by atoms with Crippen molar-refractivity contribution < 1.29 is 19.7 Å². The average Bonchev–Trinajstić information content (AvgIpc) is 3.21. The molecular formula is C24H26N2O4. The Hall–Kier alpha value is -3.12. The molecule has 0 saturated heterocycles. The van der Waals surface area contributed by atoms with Crippen molar-refractivity contribution in [1.29, 1.82) is 0 Å². The van der Waals surface area contributed by atoms with E-state index in [2.05, 4.69) is 0 Å². The lowest BCUT2D eigenvalue weighted by Gasteiger charge is -2.33. The predicted molar refractivity (Wildman–Crippen MR) is 114 cm³/mol. The molecule has 0 aliphatic heterocycles. The molecule has 2 aromatic carbocycles.